The molecule has 5 rings (SSSR count). The van der Waals surface area contributed by atoms with Crippen molar-refractivity contribution in [3.05, 3.63) is 102 Å². The van der Waals surface area contributed by atoms with E-state index in [4.69, 9.17) is 9.40 Å². The van der Waals surface area contributed by atoms with Gasteiger partial charge in [0.2, 0.25) is 6.04 Å². The number of fused-ring (bicyclic) bond motifs is 1. The first-order chi connectivity index (χ1) is 15.6. The molecule has 32 heavy (non-hydrogen) atoms. The summed E-state index contributed by atoms with van der Waals surface area (Å²) in [6, 6.07) is 19.8. The van der Waals surface area contributed by atoms with Gasteiger partial charge in [0.15, 0.2) is 0 Å². The van der Waals surface area contributed by atoms with Crippen molar-refractivity contribution >= 4 is 11.7 Å². The Balaban J connectivity index is 1.55. The zero-order valence-electron chi connectivity index (χ0n) is 17.7. The third-order valence-electron chi connectivity index (χ3n) is 5.70. The van der Waals surface area contributed by atoms with Gasteiger partial charge < -0.3 is 4.42 Å². The smallest absolute Gasteiger partial charge is 0.359 e. The molecule has 0 saturated carbocycles. The number of carbonyl (C=O) groups is 1. The van der Waals surface area contributed by atoms with Gasteiger partial charge in [0.05, 0.1) is 6.42 Å². The van der Waals surface area contributed by atoms with E-state index in [0.29, 0.717) is 35.6 Å². The quantitative estimate of drug-likeness (QED) is 0.456. The summed E-state index contributed by atoms with van der Waals surface area (Å²) >= 11 is 0. The zero-order chi connectivity index (χ0) is 22.1. The molecule has 0 radical (unpaired) electrons. The average Bonchev–Trinajstić information content (AvgIpc) is 3.40. The normalized spacial score (nSPS) is 14.9. The number of nitrogens with zero attached hydrogens (tertiary/aromatic N) is 2. The predicted molar refractivity (Wildman–Crippen MR) is 119 cm³/mol. The summed E-state index contributed by atoms with van der Waals surface area (Å²) in [6.07, 6.45) is 3.38. The Bertz CT molecular complexity index is 1280. The molecule has 0 saturated heterocycles. The van der Waals surface area contributed by atoms with Crippen LogP contribution in [0.1, 0.15) is 34.5 Å². The number of anilines is 1. The molecule has 4 aromatic rings. The first-order valence-electron chi connectivity index (χ1n) is 10.7. The van der Waals surface area contributed by atoms with Crippen LogP contribution in [-0.2, 0) is 19.3 Å². The number of furan rings is 1. The molecule has 5 nitrogen and oxygen atoms in total. The molecule has 0 fully saturated rings. The molecule has 1 atom stereocenters. The van der Waals surface area contributed by atoms with Crippen LogP contribution in [0.25, 0.3) is 11.3 Å². The minimum atomic E-state index is -0.474. The van der Waals surface area contributed by atoms with Gasteiger partial charge in [-0.05, 0) is 29.8 Å². The van der Waals surface area contributed by atoms with E-state index in [2.05, 4.69) is 5.32 Å². The minimum absolute atomic E-state index is 0.108. The predicted octanol–water partition coefficient (Wildman–Crippen LogP) is 4.60. The number of carbonyl (C=O) groups excluding carboxylic acids is 1. The lowest BCUT2D eigenvalue weighted by molar-refractivity contribution is -0.552. The molecular weight excluding hydrogens is 405 g/mol. The fourth-order valence-electron chi connectivity index (χ4n) is 4.05. The molecule has 0 spiro atoms. The molecule has 0 bridgehead atoms. The molecule has 2 aromatic carbocycles. The number of aromatic nitrogens is 2. The summed E-state index contributed by atoms with van der Waals surface area (Å²) in [5, 5.41) is 3.34. The van der Waals surface area contributed by atoms with Crippen molar-refractivity contribution in [1.82, 2.24) is 4.98 Å². The van der Waals surface area contributed by atoms with Crippen molar-refractivity contribution in [2.45, 2.75) is 32.2 Å². The van der Waals surface area contributed by atoms with Crippen molar-refractivity contribution < 1.29 is 18.2 Å². The number of hydrogen-bond acceptors (Lipinski definition) is 4. The largest absolute Gasteiger partial charge is 0.466 e. The molecule has 1 N–H and O–H groups in total. The summed E-state index contributed by atoms with van der Waals surface area (Å²) in [4.78, 5) is 18.1. The molecule has 6 heteroatoms. The number of hydrogen-bond donors (Lipinski definition) is 1. The van der Waals surface area contributed by atoms with Gasteiger partial charge in [-0.2, -0.15) is 4.57 Å². The number of benzene rings is 2. The van der Waals surface area contributed by atoms with E-state index in [9.17, 15) is 9.18 Å². The fourth-order valence-corrected chi connectivity index (χ4v) is 4.05. The Morgan fingerprint density at radius 1 is 1.03 bits per heavy atom. The van der Waals surface area contributed by atoms with Crippen LogP contribution in [0.3, 0.4) is 0 Å². The van der Waals surface area contributed by atoms with Gasteiger partial charge in [-0.1, -0.05) is 49.4 Å². The van der Waals surface area contributed by atoms with Gasteiger partial charge in [-0.15, -0.1) is 0 Å². The number of halogens is 1. The van der Waals surface area contributed by atoms with E-state index >= 15 is 0 Å². The summed E-state index contributed by atoms with van der Waals surface area (Å²) in [5.41, 5.74) is 2.55. The molecule has 160 valence electrons. The van der Waals surface area contributed by atoms with Crippen LogP contribution in [0.5, 0.6) is 0 Å². The Kier molecular flexibility index (Phi) is 5.27. The molecule has 2 aromatic heterocycles. The van der Waals surface area contributed by atoms with Crippen molar-refractivity contribution in [3.8, 4) is 11.3 Å². The maximum atomic E-state index is 14.5. The number of rotatable bonds is 6. The molecule has 3 heterocycles. The van der Waals surface area contributed by atoms with E-state index in [1.165, 1.54) is 6.07 Å². The third kappa shape index (κ3) is 3.80. The highest BCUT2D eigenvalue weighted by Crippen LogP contribution is 2.26. The van der Waals surface area contributed by atoms with Gasteiger partial charge in [-0.25, -0.2) is 14.2 Å². The number of aryl methyl sites for hydroxylation is 1. The second-order valence-corrected chi connectivity index (χ2v) is 7.89. The van der Waals surface area contributed by atoms with Crippen LogP contribution in [0, 0.1) is 5.82 Å². The van der Waals surface area contributed by atoms with Crippen LogP contribution in [0.4, 0.5) is 10.2 Å². The molecule has 1 aliphatic heterocycles. The summed E-state index contributed by atoms with van der Waals surface area (Å²) in [7, 11) is 0. The Morgan fingerprint density at radius 2 is 1.78 bits per heavy atom. The fraction of sp³-hybridized carbons (Fsp3) is 0.192. The van der Waals surface area contributed by atoms with Crippen molar-refractivity contribution in [1.29, 1.82) is 0 Å². The van der Waals surface area contributed by atoms with Crippen LogP contribution in [0.15, 0.2) is 77.3 Å². The summed E-state index contributed by atoms with van der Waals surface area (Å²) < 4.78 is 21.9. The van der Waals surface area contributed by atoms with Crippen LogP contribution < -0.4 is 9.88 Å². The highest BCUT2D eigenvalue weighted by Gasteiger charge is 2.41. The van der Waals surface area contributed by atoms with Gasteiger partial charge in [0.1, 0.15) is 34.9 Å². The van der Waals surface area contributed by atoms with E-state index in [1.54, 1.807) is 29.0 Å². The lowest BCUT2D eigenvalue weighted by Gasteiger charge is -2.07. The third-order valence-corrected chi connectivity index (χ3v) is 5.70. The number of nitrogens with one attached hydrogen (secondary N) is 1. The second kappa shape index (κ2) is 8.38. The molecule has 1 aliphatic rings. The second-order valence-electron chi connectivity index (χ2n) is 7.89. The van der Waals surface area contributed by atoms with Gasteiger partial charge in [0.25, 0.3) is 0 Å². The maximum Gasteiger partial charge on any atom is 0.359 e. The standard InChI is InChI=1S/C26H22FN3O2/c1-2-18-12-13-19(32-18)15-23-26(31)30-16-24(20-10-6-7-11-21(20)27)28-22(25(30)29-23)14-17-8-4-3-5-9-17/h3-13,16,23H,2,14-15H2,1H3/p+1. The van der Waals surface area contributed by atoms with Crippen LogP contribution in [0.2, 0.25) is 0 Å². The van der Waals surface area contributed by atoms with Crippen molar-refractivity contribution in [3.63, 3.8) is 0 Å². The monoisotopic (exact) mass is 428 g/mol. The molecule has 1 unspecified atom stereocenters. The first kappa shape index (κ1) is 20.1. The lowest BCUT2D eigenvalue weighted by atomic mass is 10.1. The van der Waals surface area contributed by atoms with Crippen LogP contribution in [-0.4, -0.2) is 16.9 Å². The topological polar surface area (TPSA) is 59.0 Å². The average molecular weight is 428 g/mol. The highest BCUT2D eigenvalue weighted by molar-refractivity contribution is 5.82. The van der Waals surface area contributed by atoms with Gasteiger partial charge in [0, 0.05) is 18.4 Å². The van der Waals surface area contributed by atoms with E-state index in [1.807, 2.05) is 49.4 Å². The van der Waals surface area contributed by atoms with Crippen LogP contribution >= 0.6 is 0 Å². The zero-order valence-corrected chi connectivity index (χ0v) is 17.7. The van der Waals surface area contributed by atoms with E-state index in [-0.39, 0.29) is 11.7 Å². The van der Waals surface area contributed by atoms with E-state index < -0.39 is 6.04 Å². The van der Waals surface area contributed by atoms with Crippen molar-refractivity contribution in [2.75, 3.05) is 5.32 Å². The van der Waals surface area contributed by atoms with Gasteiger partial charge >= 0.3 is 11.7 Å². The Morgan fingerprint density at radius 3 is 2.53 bits per heavy atom. The summed E-state index contributed by atoms with van der Waals surface area (Å²) in [5.74, 6) is 1.82. The minimum Gasteiger partial charge on any atom is -0.466 e. The van der Waals surface area contributed by atoms with E-state index in [0.717, 1.165) is 23.5 Å². The lowest BCUT2D eigenvalue weighted by Crippen LogP contribution is -2.44. The molecular formula is C26H23FN3O2+. The Hall–Kier alpha value is -3.80. The highest BCUT2D eigenvalue weighted by atomic mass is 19.1. The molecule has 0 aliphatic carbocycles. The first-order valence-corrected chi connectivity index (χ1v) is 10.7. The SMILES string of the molecule is CCc1ccc(CC2Nc3c(Cc4ccccc4)nc(-c4ccccc4F)c[n+]3C2=O)o1. The van der Waals surface area contributed by atoms with Crippen molar-refractivity contribution in [2.24, 2.45) is 0 Å². The summed E-state index contributed by atoms with van der Waals surface area (Å²) in [6.45, 7) is 2.03. The Labute approximate surface area is 185 Å². The maximum absolute atomic E-state index is 14.5. The van der Waals surface area contributed by atoms with Gasteiger partial charge in [-0.3, -0.25) is 5.32 Å². The molecule has 0 amide bonds.